The van der Waals surface area contributed by atoms with Crippen LogP contribution in [-0.2, 0) is 0 Å². The van der Waals surface area contributed by atoms with Gasteiger partial charge in [-0.3, -0.25) is 9.59 Å². The van der Waals surface area contributed by atoms with Gasteiger partial charge in [-0.1, -0.05) is 48.0 Å². The van der Waals surface area contributed by atoms with Crippen molar-refractivity contribution in [3.8, 4) is 0 Å². The summed E-state index contributed by atoms with van der Waals surface area (Å²) in [4.78, 5) is 27.8. The molecule has 1 saturated heterocycles. The number of piperazine rings is 1. The van der Waals surface area contributed by atoms with E-state index in [0.29, 0.717) is 23.2 Å². The summed E-state index contributed by atoms with van der Waals surface area (Å²) in [6.45, 7) is 7.74. The molecule has 0 spiro atoms. The predicted molar refractivity (Wildman–Crippen MR) is 107 cm³/mol. The average Bonchev–Trinajstić information content (AvgIpc) is 2.72. The molecule has 5 heteroatoms. The normalized spacial score (nSPS) is 14.7. The number of benzene rings is 2. The van der Waals surface area contributed by atoms with Gasteiger partial charge in [-0.15, -0.1) is 0 Å². The third-order valence-corrected chi connectivity index (χ3v) is 4.88. The van der Waals surface area contributed by atoms with Crippen LogP contribution in [0.1, 0.15) is 38.3 Å². The number of hydrogen-bond acceptors (Lipinski definition) is 4. The van der Waals surface area contributed by atoms with Gasteiger partial charge in [0.05, 0.1) is 5.56 Å². The van der Waals surface area contributed by atoms with E-state index in [9.17, 15) is 9.59 Å². The van der Waals surface area contributed by atoms with Crippen LogP contribution in [0.2, 0.25) is 0 Å². The van der Waals surface area contributed by atoms with Gasteiger partial charge in [0.25, 0.3) is 5.91 Å². The molecule has 142 valence electrons. The van der Waals surface area contributed by atoms with Crippen LogP contribution in [0.4, 0.5) is 0 Å². The predicted octanol–water partition coefficient (Wildman–Crippen LogP) is 2.25. The molecular weight excluding hydrogens is 338 g/mol. The van der Waals surface area contributed by atoms with E-state index in [2.05, 4.69) is 15.5 Å². The molecule has 1 amide bonds. The fourth-order valence-corrected chi connectivity index (χ4v) is 3.27. The fourth-order valence-electron chi connectivity index (χ4n) is 3.27. The highest BCUT2D eigenvalue weighted by atomic mass is 16.2. The van der Waals surface area contributed by atoms with Crippen LogP contribution < -0.4 is 10.6 Å². The van der Waals surface area contributed by atoms with E-state index in [4.69, 9.17) is 0 Å². The minimum absolute atomic E-state index is 0.124. The number of aryl methyl sites for hydroxylation is 1. The maximum absolute atomic E-state index is 12.8. The standard InChI is InChI=1S/C22H27N3O2/c1-17-7-9-18(10-8-17)21(26)19-5-2-3-6-20(19)22(27)24-11-4-14-25-15-12-23-13-16-25/h2-3,5-10,23H,4,11-16H2,1H3,(H,24,27). The summed E-state index contributed by atoms with van der Waals surface area (Å²) in [5.74, 6) is -0.312. The van der Waals surface area contributed by atoms with Crippen LogP contribution in [0.25, 0.3) is 0 Å². The molecule has 2 N–H and O–H groups in total. The molecule has 1 fully saturated rings. The topological polar surface area (TPSA) is 61.4 Å². The Morgan fingerprint density at radius 1 is 1.00 bits per heavy atom. The molecule has 1 aliphatic rings. The third-order valence-electron chi connectivity index (χ3n) is 4.88. The van der Waals surface area contributed by atoms with Gasteiger partial charge in [-0.25, -0.2) is 0 Å². The second-order valence-corrected chi connectivity index (χ2v) is 6.94. The molecule has 0 bridgehead atoms. The number of carbonyl (C=O) groups is 2. The summed E-state index contributed by atoms with van der Waals surface area (Å²) in [5.41, 5.74) is 2.58. The van der Waals surface area contributed by atoms with Crippen LogP contribution in [0.15, 0.2) is 48.5 Å². The summed E-state index contributed by atoms with van der Waals surface area (Å²) in [7, 11) is 0. The second kappa shape index (κ2) is 9.44. The van der Waals surface area contributed by atoms with Crippen LogP contribution in [-0.4, -0.2) is 55.9 Å². The van der Waals surface area contributed by atoms with Crippen LogP contribution in [0.3, 0.4) is 0 Å². The lowest BCUT2D eigenvalue weighted by Gasteiger charge is -2.27. The fraction of sp³-hybridized carbons (Fsp3) is 0.364. The van der Waals surface area contributed by atoms with Crippen molar-refractivity contribution in [2.75, 3.05) is 39.3 Å². The van der Waals surface area contributed by atoms with Crippen molar-refractivity contribution in [1.29, 1.82) is 0 Å². The molecule has 0 unspecified atom stereocenters. The summed E-state index contributed by atoms with van der Waals surface area (Å²) in [6.07, 6.45) is 0.903. The highest BCUT2D eigenvalue weighted by molar-refractivity contribution is 6.15. The molecule has 0 aromatic heterocycles. The average molecular weight is 365 g/mol. The Morgan fingerprint density at radius 2 is 1.67 bits per heavy atom. The zero-order valence-corrected chi connectivity index (χ0v) is 15.8. The Labute approximate surface area is 160 Å². The first-order valence-electron chi connectivity index (χ1n) is 9.57. The molecule has 27 heavy (non-hydrogen) atoms. The van der Waals surface area contributed by atoms with Crippen molar-refractivity contribution in [3.05, 3.63) is 70.8 Å². The van der Waals surface area contributed by atoms with Crippen molar-refractivity contribution in [2.45, 2.75) is 13.3 Å². The van der Waals surface area contributed by atoms with Gasteiger partial charge in [0.1, 0.15) is 0 Å². The Morgan fingerprint density at radius 3 is 2.37 bits per heavy atom. The van der Waals surface area contributed by atoms with Crippen LogP contribution >= 0.6 is 0 Å². The summed E-state index contributed by atoms with van der Waals surface area (Å²) < 4.78 is 0. The van der Waals surface area contributed by atoms with Gasteiger partial charge in [-0.2, -0.15) is 0 Å². The van der Waals surface area contributed by atoms with Crippen molar-refractivity contribution in [3.63, 3.8) is 0 Å². The lowest BCUT2D eigenvalue weighted by Crippen LogP contribution is -2.44. The SMILES string of the molecule is Cc1ccc(C(=O)c2ccccc2C(=O)NCCCN2CCNCC2)cc1. The zero-order chi connectivity index (χ0) is 19.1. The highest BCUT2D eigenvalue weighted by Gasteiger charge is 2.18. The third kappa shape index (κ3) is 5.25. The van der Waals surface area contributed by atoms with E-state index in [1.165, 1.54) is 0 Å². The largest absolute Gasteiger partial charge is 0.352 e. The Hall–Kier alpha value is -2.50. The van der Waals surface area contributed by atoms with Crippen LogP contribution in [0.5, 0.6) is 0 Å². The second-order valence-electron chi connectivity index (χ2n) is 6.94. The molecule has 1 aliphatic heterocycles. The van der Waals surface area contributed by atoms with Gasteiger partial charge in [0.15, 0.2) is 5.78 Å². The minimum Gasteiger partial charge on any atom is -0.352 e. The summed E-state index contributed by atoms with van der Waals surface area (Å²) in [6, 6.07) is 14.5. The van der Waals surface area contributed by atoms with E-state index in [1.807, 2.05) is 19.1 Å². The summed E-state index contributed by atoms with van der Waals surface area (Å²) >= 11 is 0. The lowest BCUT2D eigenvalue weighted by molar-refractivity contribution is 0.0940. The first kappa shape index (κ1) is 19.3. The van der Waals surface area contributed by atoms with Crippen molar-refractivity contribution in [2.24, 2.45) is 0 Å². The zero-order valence-electron chi connectivity index (χ0n) is 15.8. The van der Waals surface area contributed by atoms with Crippen molar-refractivity contribution >= 4 is 11.7 Å². The Balaban J connectivity index is 1.59. The number of rotatable bonds is 7. The molecule has 2 aromatic carbocycles. The van der Waals surface area contributed by atoms with Gasteiger partial charge in [0.2, 0.25) is 0 Å². The van der Waals surface area contributed by atoms with E-state index in [1.54, 1.807) is 36.4 Å². The number of nitrogens with one attached hydrogen (secondary N) is 2. The molecule has 5 nitrogen and oxygen atoms in total. The van der Waals surface area contributed by atoms with E-state index in [-0.39, 0.29) is 11.7 Å². The maximum atomic E-state index is 12.8. The molecule has 0 saturated carbocycles. The first-order valence-corrected chi connectivity index (χ1v) is 9.57. The summed E-state index contributed by atoms with van der Waals surface area (Å²) in [5, 5.41) is 6.30. The number of carbonyl (C=O) groups excluding carboxylic acids is 2. The molecule has 1 heterocycles. The van der Waals surface area contributed by atoms with E-state index < -0.39 is 0 Å². The smallest absolute Gasteiger partial charge is 0.252 e. The number of hydrogen-bond donors (Lipinski definition) is 2. The van der Waals surface area contributed by atoms with Gasteiger partial charge in [-0.05, 0) is 26.0 Å². The molecular formula is C22H27N3O2. The molecule has 0 atom stereocenters. The van der Waals surface area contributed by atoms with Crippen molar-refractivity contribution in [1.82, 2.24) is 15.5 Å². The number of amides is 1. The molecule has 3 rings (SSSR count). The maximum Gasteiger partial charge on any atom is 0.252 e. The monoisotopic (exact) mass is 365 g/mol. The molecule has 2 aromatic rings. The lowest BCUT2D eigenvalue weighted by atomic mass is 9.97. The quantitative estimate of drug-likeness (QED) is 0.584. The Bertz CT molecular complexity index is 780. The van der Waals surface area contributed by atoms with Crippen molar-refractivity contribution < 1.29 is 9.59 Å². The van der Waals surface area contributed by atoms with Gasteiger partial charge < -0.3 is 15.5 Å². The Kier molecular flexibility index (Phi) is 6.74. The number of nitrogens with zero attached hydrogens (tertiary/aromatic N) is 1. The first-order chi connectivity index (χ1) is 13.1. The molecule has 0 aliphatic carbocycles. The van der Waals surface area contributed by atoms with Gasteiger partial charge in [0, 0.05) is 43.9 Å². The highest BCUT2D eigenvalue weighted by Crippen LogP contribution is 2.15. The van der Waals surface area contributed by atoms with E-state index in [0.717, 1.165) is 44.7 Å². The minimum atomic E-state index is -0.189. The molecule has 0 radical (unpaired) electrons. The van der Waals surface area contributed by atoms with E-state index >= 15 is 0 Å². The van der Waals surface area contributed by atoms with Gasteiger partial charge >= 0.3 is 0 Å². The number of ketones is 1. The van der Waals surface area contributed by atoms with Crippen LogP contribution in [0, 0.1) is 6.92 Å².